The van der Waals surface area contributed by atoms with Crippen LogP contribution in [0, 0.1) is 11.3 Å². The SMILES string of the molecule is COC(=O)C(CO)NS(=O)(=O)c1cc(C#N)ccc1Cl. The van der Waals surface area contributed by atoms with E-state index in [9.17, 15) is 13.2 Å². The van der Waals surface area contributed by atoms with Crippen LogP contribution in [0.5, 0.6) is 0 Å². The Labute approximate surface area is 120 Å². The number of hydrogen-bond acceptors (Lipinski definition) is 6. The molecular formula is C11H11ClN2O5S. The zero-order valence-corrected chi connectivity index (χ0v) is 11.9. The molecule has 0 saturated carbocycles. The van der Waals surface area contributed by atoms with Gasteiger partial charge >= 0.3 is 5.97 Å². The van der Waals surface area contributed by atoms with Crippen LogP contribution in [0.3, 0.4) is 0 Å². The van der Waals surface area contributed by atoms with Gasteiger partial charge in [-0.2, -0.15) is 9.98 Å². The predicted octanol–water partition coefficient (Wildman–Crippen LogP) is 0.0239. The molecule has 1 atom stereocenters. The Hall–Kier alpha value is -1.66. The molecule has 0 amide bonds. The van der Waals surface area contributed by atoms with Gasteiger partial charge in [0.25, 0.3) is 0 Å². The maximum Gasteiger partial charge on any atom is 0.326 e. The summed E-state index contributed by atoms with van der Waals surface area (Å²) in [7, 11) is -3.13. The molecule has 0 spiro atoms. The summed E-state index contributed by atoms with van der Waals surface area (Å²) in [5.74, 6) is -0.941. The summed E-state index contributed by atoms with van der Waals surface area (Å²) in [5, 5.41) is 17.6. The second-order valence-electron chi connectivity index (χ2n) is 3.64. The first-order chi connectivity index (χ1) is 9.35. The van der Waals surface area contributed by atoms with Crippen LogP contribution in [0.15, 0.2) is 23.1 Å². The molecule has 0 aliphatic heterocycles. The van der Waals surface area contributed by atoms with E-state index in [2.05, 4.69) is 4.74 Å². The van der Waals surface area contributed by atoms with E-state index in [1.807, 2.05) is 4.72 Å². The van der Waals surface area contributed by atoms with Crippen LogP contribution in [-0.2, 0) is 19.6 Å². The lowest BCUT2D eigenvalue weighted by Gasteiger charge is -2.14. The number of esters is 1. The van der Waals surface area contributed by atoms with Crippen molar-refractivity contribution in [3.63, 3.8) is 0 Å². The van der Waals surface area contributed by atoms with Gasteiger partial charge in [-0.15, -0.1) is 0 Å². The van der Waals surface area contributed by atoms with E-state index in [0.29, 0.717) is 0 Å². The number of aliphatic hydroxyl groups is 1. The Bertz CT molecular complexity index is 653. The van der Waals surface area contributed by atoms with Crippen LogP contribution in [0.4, 0.5) is 0 Å². The van der Waals surface area contributed by atoms with Gasteiger partial charge in [-0.1, -0.05) is 11.6 Å². The normalized spacial score (nSPS) is 12.5. The van der Waals surface area contributed by atoms with Crippen molar-refractivity contribution in [1.29, 1.82) is 5.26 Å². The third kappa shape index (κ3) is 3.68. The zero-order valence-electron chi connectivity index (χ0n) is 10.3. The standard InChI is InChI=1S/C11H11ClN2O5S/c1-19-11(16)9(6-15)14-20(17,18)10-4-7(5-13)2-3-8(10)12/h2-4,9,14-15H,6H2,1H3. The molecule has 1 unspecified atom stereocenters. The third-order valence-electron chi connectivity index (χ3n) is 2.32. The van der Waals surface area contributed by atoms with Crippen molar-refractivity contribution in [2.24, 2.45) is 0 Å². The Morgan fingerprint density at radius 3 is 2.75 bits per heavy atom. The van der Waals surface area contributed by atoms with Crippen molar-refractivity contribution in [2.75, 3.05) is 13.7 Å². The van der Waals surface area contributed by atoms with E-state index < -0.39 is 28.6 Å². The van der Waals surface area contributed by atoms with Crippen molar-refractivity contribution in [1.82, 2.24) is 4.72 Å². The highest BCUT2D eigenvalue weighted by molar-refractivity contribution is 7.89. The van der Waals surface area contributed by atoms with Crippen LogP contribution in [-0.4, -0.2) is 39.3 Å². The molecule has 0 aliphatic carbocycles. The van der Waals surface area contributed by atoms with Crippen molar-refractivity contribution < 1.29 is 23.1 Å². The summed E-state index contributed by atoms with van der Waals surface area (Å²) in [6.07, 6.45) is 0. The molecule has 7 nitrogen and oxygen atoms in total. The molecule has 108 valence electrons. The number of nitriles is 1. The average molecular weight is 319 g/mol. The molecule has 0 heterocycles. The summed E-state index contributed by atoms with van der Waals surface area (Å²) in [6.45, 7) is -0.776. The predicted molar refractivity (Wildman–Crippen MR) is 69.4 cm³/mol. The summed E-state index contributed by atoms with van der Waals surface area (Å²) >= 11 is 5.77. The van der Waals surface area contributed by atoms with E-state index >= 15 is 0 Å². The molecule has 1 aromatic rings. The highest BCUT2D eigenvalue weighted by atomic mass is 35.5. The summed E-state index contributed by atoms with van der Waals surface area (Å²) in [5.41, 5.74) is 0.0911. The fourth-order valence-corrected chi connectivity index (χ4v) is 3.03. The van der Waals surface area contributed by atoms with Gasteiger partial charge in [-0.25, -0.2) is 8.42 Å². The Morgan fingerprint density at radius 1 is 1.60 bits per heavy atom. The van der Waals surface area contributed by atoms with Gasteiger partial charge in [0.2, 0.25) is 10.0 Å². The van der Waals surface area contributed by atoms with E-state index in [1.165, 1.54) is 12.1 Å². The zero-order chi connectivity index (χ0) is 15.3. The first-order valence-electron chi connectivity index (χ1n) is 5.26. The van der Waals surface area contributed by atoms with Crippen LogP contribution in [0.25, 0.3) is 0 Å². The van der Waals surface area contributed by atoms with Crippen LogP contribution < -0.4 is 4.72 Å². The fraction of sp³-hybridized carbons (Fsp3) is 0.273. The minimum atomic E-state index is -4.18. The number of rotatable bonds is 5. The lowest BCUT2D eigenvalue weighted by molar-refractivity contribution is -0.143. The molecule has 0 fully saturated rings. The van der Waals surface area contributed by atoms with Crippen molar-refractivity contribution in [3.8, 4) is 6.07 Å². The Morgan fingerprint density at radius 2 is 2.25 bits per heavy atom. The van der Waals surface area contributed by atoms with Gasteiger partial charge in [0.15, 0.2) is 0 Å². The second kappa shape index (κ2) is 6.67. The first kappa shape index (κ1) is 16.4. The quantitative estimate of drug-likeness (QED) is 0.739. The molecule has 1 aromatic carbocycles. The van der Waals surface area contributed by atoms with Gasteiger partial charge in [0, 0.05) is 0 Å². The molecule has 9 heteroatoms. The highest BCUT2D eigenvalue weighted by Crippen LogP contribution is 2.22. The summed E-state index contributed by atoms with van der Waals surface area (Å²) in [6, 6.07) is 3.99. The van der Waals surface area contributed by atoms with Crippen LogP contribution in [0.2, 0.25) is 5.02 Å². The van der Waals surface area contributed by atoms with Gasteiger partial charge < -0.3 is 9.84 Å². The van der Waals surface area contributed by atoms with Crippen molar-refractivity contribution in [2.45, 2.75) is 10.9 Å². The number of carbonyl (C=O) groups excluding carboxylic acids is 1. The number of sulfonamides is 1. The number of methoxy groups -OCH3 is 1. The van der Waals surface area contributed by atoms with E-state index in [4.69, 9.17) is 22.0 Å². The third-order valence-corrected chi connectivity index (χ3v) is 4.27. The Kier molecular flexibility index (Phi) is 5.47. The second-order valence-corrected chi connectivity index (χ2v) is 5.73. The van der Waals surface area contributed by atoms with E-state index in [1.54, 1.807) is 6.07 Å². The average Bonchev–Trinajstić information content (AvgIpc) is 2.44. The number of nitrogens with zero attached hydrogens (tertiary/aromatic N) is 1. The minimum Gasteiger partial charge on any atom is -0.468 e. The topological polar surface area (TPSA) is 116 Å². The smallest absolute Gasteiger partial charge is 0.326 e. The van der Waals surface area contributed by atoms with E-state index in [0.717, 1.165) is 13.2 Å². The molecule has 0 bridgehead atoms. The molecule has 0 aliphatic rings. The van der Waals surface area contributed by atoms with Crippen molar-refractivity contribution >= 4 is 27.6 Å². The summed E-state index contributed by atoms with van der Waals surface area (Å²) in [4.78, 5) is 10.9. The number of hydrogen-bond donors (Lipinski definition) is 2. The number of carbonyl (C=O) groups is 1. The van der Waals surface area contributed by atoms with Gasteiger partial charge in [-0.3, -0.25) is 4.79 Å². The molecular weight excluding hydrogens is 308 g/mol. The largest absolute Gasteiger partial charge is 0.468 e. The van der Waals surface area contributed by atoms with Crippen molar-refractivity contribution in [3.05, 3.63) is 28.8 Å². The molecule has 0 aromatic heterocycles. The number of aliphatic hydroxyl groups excluding tert-OH is 1. The molecule has 1 rings (SSSR count). The fourth-order valence-electron chi connectivity index (χ4n) is 1.33. The lowest BCUT2D eigenvalue weighted by Crippen LogP contribution is -2.44. The maximum absolute atomic E-state index is 12.1. The highest BCUT2D eigenvalue weighted by Gasteiger charge is 2.27. The maximum atomic E-state index is 12.1. The molecule has 0 radical (unpaired) electrons. The van der Waals surface area contributed by atoms with E-state index in [-0.39, 0.29) is 15.5 Å². The van der Waals surface area contributed by atoms with Crippen LogP contribution >= 0.6 is 11.6 Å². The van der Waals surface area contributed by atoms with Gasteiger partial charge in [0.05, 0.1) is 30.4 Å². The number of halogens is 1. The van der Waals surface area contributed by atoms with Gasteiger partial charge in [0.1, 0.15) is 10.9 Å². The molecule has 0 saturated heterocycles. The van der Waals surface area contributed by atoms with Crippen LogP contribution in [0.1, 0.15) is 5.56 Å². The summed E-state index contributed by atoms with van der Waals surface area (Å²) < 4.78 is 30.5. The minimum absolute atomic E-state index is 0.0911. The lowest BCUT2D eigenvalue weighted by atomic mass is 10.2. The number of benzene rings is 1. The first-order valence-corrected chi connectivity index (χ1v) is 7.12. The van der Waals surface area contributed by atoms with Gasteiger partial charge in [-0.05, 0) is 18.2 Å². The molecule has 2 N–H and O–H groups in total. The monoisotopic (exact) mass is 318 g/mol. The Balaban J connectivity index is 3.17. The molecule has 20 heavy (non-hydrogen) atoms. The number of nitrogens with one attached hydrogen (secondary N) is 1. The number of ether oxygens (including phenoxy) is 1.